The second-order valence-electron chi connectivity index (χ2n) is 7.00. The Kier molecular flexibility index (Phi) is 5.17. The Hall–Kier alpha value is -1.61. The Morgan fingerprint density at radius 1 is 1.12 bits per heavy atom. The van der Waals surface area contributed by atoms with E-state index in [1.807, 2.05) is 17.4 Å². The molecule has 0 N–H and O–H groups in total. The number of rotatable bonds is 4. The predicted octanol–water partition coefficient (Wildman–Crippen LogP) is 6.42. The first-order valence-corrected chi connectivity index (χ1v) is 10.5. The molecule has 0 aliphatic carbocycles. The summed E-state index contributed by atoms with van der Waals surface area (Å²) in [6.07, 6.45) is 2.28. The van der Waals surface area contributed by atoms with Crippen molar-refractivity contribution in [2.24, 2.45) is 0 Å². The van der Waals surface area contributed by atoms with Gasteiger partial charge in [0.1, 0.15) is 0 Å². The lowest BCUT2D eigenvalue weighted by Crippen LogP contribution is -2.35. The maximum atomic E-state index is 6.22. The molecule has 0 spiro atoms. The van der Waals surface area contributed by atoms with Crippen LogP contribution in [0.5, 0.6) is 0 Å². The van der Waals surface area contributed by atoms with E-state index in [1.54, 1.807) is 16.0 Å². The molecule has 0 fully saturated rings. The normalized spacial score (nSPS) is 17.3. The van der Waals surface area contributed by atoms with Crippen molar-refractivity contribution in [2.45, 2.75) is 39.3 Å². The zero-order valence-corrected chi connectivity index (χ0v) is 16.9. The van der Waals surface area contributed by atoms with Crippen LogP contribution < -0.4 is 0 Å². The third-order valence-electron chi connectivity index (χ3n) is 5.36. The summed E-state index contributed by atoms with van der Waals surface area (Å²) < 4.78 is 0. The molecule has 26 heavy (non-hydrogen) atoms. The van der Waals surface area contributed by atoms with Crippen LogP contribution in [0.3, 0.4) is 0 Å². The molecule has 2 aromatic carbocycles. The van der Waals surface area contributed by atoms with Crippen LogP contribution in [0.15, 0.2) is 54.6 Å². The summed E-state index contributed by atoms with van der Waals surface area (Å²) in [5.74, 6) is 0. The van der Waals surface area contributed by atoms with Crippen LogP contribution in [-0.2, 0) is 19.4 Å². The van der Waals surface area contributed by atoms with E-state index in [4.69, 9.17) is 11.6 Å². The van der Waals surface area contributed by atoms with E-state index in [0.29, 0.717) is 6.04 Å². The average molecular weight is 382 g/mol. The fraction of sp³-hybridized carbons (Fsp3) is 0.304. The Balaban J connectivity index is 1.76. The first kappa shape index (κ1) is 17.8. The maximum Gasteiger partial charge on any atom is 0.0702 e. The highest BCUT2D eigenvalue weighted by molar-refractivity contribution is 7.12. The van der Waals surface area contributed by atoms with Gasteiger partial charge >= 0.3 is 0 Å². The van der Waals surface area contributed by atoms with Crippen molar-refractivity contribution in [2.75, 3.05) is 6.54 Å². The van der Waals surface area contributed by atoms with E-state index in [9.17, 15) is 0 Å². The second kappa shape index (κ2) is 7.56. The molecule has 2 heterocycles. The molecule has 1 unspecified atom stereocenters. The molecule has 4 rings (SSSR count). The monoisotopic (exact) mass is 381 g/mol. The molecule has 1 aliphatic rings. The smallest absolute Gasteiger partial charge is 0.0702 e. The highest BCUT2D eigenvalue weighted by Crippen LogP contribution is 2.43. The molecule has 0 saturated carbocycles. The summed E-state index contributed by atoms with van der Waals surface area (Å²) in [7, 11) is 0. The minimum Gasteiger partial charge on any atom is -0.287 e. The van der Waals surface area contributed by atoms with Crippen molar-refractivity contribution in [3.63, 3.8) is 0 Å². The predicted molar refractivity (Wildman–Crippen MR) is 112 cm³/mol. The lowest BCUT2D eigenvalue weighted by Gasteiger charge is -2.36. The molecule has 1 aromatic heterocycles. The van der Waals surface area contributed by atoms with Crippen molar-refractivity contribution in [3.8, 4) is 0 Å². The molecule has 0 amide bonds. The molecule has 0 radical (unpaired) electrons. The van der Waals surface area contributed by atoms with Crippen molar-refractivity contribution in [1.82, 2.24) is 4.90 Å². The molecule has 3 aromatic rings. The van der Waals surface area contributed by atoms with E-state index in [1.165, 1.54) is 16.0 Å². The number of halogens is 1. The molecule has 134 valence electrons. The van der Waals surface area contributed by atoms with Gasteiger partial charge in [-0.05, 0) is 54.2 Å². The van der Waals surface area contributed by atoms with Gasteiger partial charge in [-0.2, -0.15) is 0 Å². The third-order valence-corrected chi connectivity index (χ3v) is 6.83. The van der Waals surface area contributed by atoms with Crippen LogP contribution in [0.25, 0.3) is 0 Å². The van der Waals surface area contributed by atoms with E-state index in [2.05, 4.69) is 67.3 Å². The highest BCUT2D eigenvalue weighted by Gasteiger charge is 2.32. The van der Waals surface area contributed by atoms with Crippen molar-refractivity contribution >= 4 is 22.9 Å². The van der Waals surface area contributed by atoms with Crippen molar-refractivity contribution in [3.05, 3.63) is 91.6 Å². The van der Waals surface area contributed by atoms with Gasteiger partial charge in [-0.15, -0.1) is 11.3 Å². The third kappa shape index (κ3) is 3.34. The van der Waals surface area contributed by atoms with Gasteiger partial charge in [0.15, 0.2) is 0 Å². The number of fused-ring (bicyclic) bond motifs is 1. The highest BCUT2D eigenvalue weighted by atomic mass is 35.5. The van der Waals surface area contributed by atoms with E-state index < -0.39 is 0 Å². The molecular formula is C23H24ClNS. The van der Waals surface area contributed by atoms with Gasteiger partial charge in [-0.3, -0.25) is 4.90 Å². The van der Waals surface area contributed by atoms with Gasteiger partial charge in [0, 0.05) is 27.9 Å². The SMILES string of the molecule is CCc1c(C)sc2c1CCN(Cc1cccc(Cl)c1)C2c1ccccc1. The first-order valence-electron chi connectivity index (χ1n) is 9.32. The Morgan fingerprint density at radius 3 is 2.65 bits per heavy atom. The topological polar surface area (TPSA) is 3.24 Å². The molecule has 1 nitrogen and oxygen atoms in total. The summed E-state index contributed by atoms with van der Waals surface area (Å²) in [6, 6.07) is 19.6. The average Bonchev–Trinajstić information content (AvgIpc) is 2.97. The largest absolute Gasteiger partial charge is 0.287 e. The van der Waals surface area contributed by atoms with Gasteiger partial charge < -0.3 is 0 Å². The number of benzene rings is 2. The maximum absolute atomic E-state index is 6.22. The summed E-state index contributed by atoms with van der Waals surface area (Å²) in [5.41, 5.74) is 5.85. The van der Waals surface area contributed by atoms with Gasteiger partial charge in [-0.1, -0.05) is 61.0 Å². The first-order chi connectivity index (χ1) is 12.7. The lowest BCUT2D eigenvalue weighted by molar-refractivity contribution is 0.207. The number of aryl methyl sites for hydroxylation is 1. The molecule has 0 saturated heterocycles. The number of nitrogens with zero attached hydrogens (tertiary/aromatic N) is 1. The quantitative estimate of drug-likeness (QED) is 0.504. The fourth-order valence-corrected chi connectivity index (χ4v) is 5.87. The van der Waals surface area contributed by atoms with Crippen LogP contribution in [0.1, 0.15) is 45.0 Å². The number of hydrogen-bond acceptors (Lipinski definition) is 2. The molecule has 1 atom stereocenters. The second-order valence-corrected chi connectivity index (χ2v) is 8.69. The van der Waals surface area contributed by atoms with Crippen LogP contribution in [0, 0.1) is 6.92 Å². The summed E-state index contributed by atoms with van der Waals surface area (Å²) in [6.45, 7) is 6.58. The van der Waals surface area contributed by atoms with Gasteiger partial charge in [-0.25, -0.2) is 0 Å². The zero-order chi connectivity index (χ0) is 18.1. The molecule has 0 bridgehead atoms. The lowest BCUT2D eigenvalue weighted by atomic mass is 9.91. The molecule has 1 aliphatic heterocycles. The summed E-state index contributed by atoms with van der Waals surface area (Å²) in [5, 5.41) is 0.816. The van der Waals surface area contributed by atoms with Crippen LogP contribution in [-0.4, -0.2) is 11.4 Å². The van der Waals surface area contributed by atoms with Gasteiger partial charge in [0.2, 0.25) is 0 Å². The Labute approximate surface area is 165 Å². The van der Waals surface area contributed by atoms with E-state index in [-0.39, 0.29) is 0 Å². The van der Waals surface area contributed by atoms with Crippen molar-refractivity contribution in [1.29, 1.82) is 0 Å². The number of thiophene rings is 1. The molecule has 3 heteroatoms. The van der Waals surface area contributed by atoms with Crippen LogP contribution in [0.2, 0.25) is 5.02 Å². The van der Waals surface area contributed by atoms with Gasteiger partial charge in [0.25, 0.3) is 0 Å². The Morgan fingerprint density at radius 2 is 1.92 bits per heavy atom. The number of hydrogen-bond donors (Lipinski definition) is 0. The van der Waals surface area contributed by atoms with E-state index >= 15 is 0 Å². The van der Waals surface area contributed by atoms with Crippen LogP contribution in [0.4, 0.5) is 0 Å². The minimum atomic E-state index is 0.336. The molecular weight excluding hydrogens is 358 g/mol. The summed E-state index contributed by atoms with van der Waals surface area (Å²) in [4.78, 5) is 5.64. The zero-order valence-electron chi connectivity index (χ0n) is 15.3. The van der Waals surface area contributed by atoms with Crippen LogP contribution >= 0.6 is 22.9 Å². The summed E-state index contributed by atoms with van der Waals surface area (Å²) >= 11 is 8.22. The van der Waals surface area contributed by atoms with E-state index in [0.717, 1.165) is 31.0 Å². The fourth-order valence-electron chi connectivity index (χ4n) is 4.19. The minimum absolute atomic E-state index is 0.336. The van der Waals surface area contributed by atoms with Crippen molar-refractivity contribution < 1.29 is 0 Å². The standard InChI is InChI=1S/C23H24ClNS/c1-3-20-16(2)26-23-21(20)12-13-25(15-17-8-7-11-19(24)14-17)22(23)18-9-5-4-6-10-18/h4-11,14,22H,3,12-13,15H2,1-2H3. The van der Waals surface area contributed by atoms with Gasteiger partial charge in [0.05, 0.1) is 6.04 Å². The Bertz CT molecular complexity index is 900.